The summed E-state index contributed by atoms with van der Waals surface area (Å²) in [6.45, 7) is 0.333. The van der Waals surface area contributed by atoms with Gasteiger partial charge in [-0.3, -0.25) is 0 Å². The third-order valence-electron chi connectivity index (χ3n) is 4.62. The summed E-state index contributed by atoms with van der Waals surface area (Å²) in [4.78, 5) is 5.82. The molecule has 0 fully saturated rings. The predicted octanol–water partition coefficient (Wildman–Crippen LogP) is 6.43. The summed E-state index contributed by atoms with van der Waals surface area (Å²) in [6, 6.07) is 22.4. The molecule has 0 bridgehead atoms. The summed E-state index contributed by atoms with van der Waals surface area (Å²) in [6.07, 6.45) is 2.12. The van der Waals surface area contributed by atoms with Crippen LogP contribution >= 0.6 is 22.7 Å². The van der Waals surface area contributed by atoms with E-state index in [4.69, 9.17) is 19.2 Å². The zero-order chi connectivity index (χ0) is 20.2. The van der Waals surface area contributed by atoms with Gasteiger partial charge < -0.3 is 14.2 Å². The molecule has 4 nitrogen and oxygen atoms in total. The van der Waals surface area contributed by atoms with Gasteiger partial charge in [0.2, 0.25) is 0 Å². The summed E-state index contributed by atoms with van der Waals surface area (Å²) >= 11 is 3.27. The van der Waals surface area contributed by atoms with Gasteiger partial charge in [0.05, 0.1) is 10.6 Å². The molecule has 3 heterocycles. The molecule has 1 atom stereocenters. The van der Waals surface area contributed by atoms with Gasteiger partial charge >= 0.3 is 0 Å². The van der Waals surface area contributed by atoms with Crippen LogP contribution in [-0.2, 0) is 15.9 Å². The Hall–Kier alpha value is -3.09. The first-order valence-electron chi connectivity index (χ1n) is 9.59. The molecule has 0 saturated heterocycles. The predicted molar refractivity (Wildman–Crippen MR) is 120 cm³/mol. The number of rotatable bonds is 7. The quantitative estimate of drug-likeness (QED) is 0.337. The summed E-state index contributed by atoms with van der Waals surface area (Å²) in [7, 11) is 0. The maximum Gasteiger partial charge on any atom is 0.276 e. The van der Waals surface area contributed by atoms with E-state index in [1.165, 1.54) is 5.56 Å². The fourth-order valence-corrected chi connectivity index (χ4v) is 4.64. The van der Waals surface area contributed by atoms with Crippen LogP contribution < -0.4 is 4.74 Å². The van der Waals surface area contributed by atoms with E-state index in [1.54, 1.807) is 28.9 Å². The van der Waals surface area contributed by atoms with Crippen LogP contribution in [0.15, 0.2) is 89.5 Å². The van der Waals surface area contributed by atoms with Gasteiger partial charge in [-0.2, -0.15) is 0 Å². The monoisotopic (exact) mass is 433 g/mol. The number of benzene rings is 2. The third kappa shape index (κ3) is 4.40. The maximum atomic E-state index is 5.84. The van der Waals surface area contributed by atoms with Gasteiger partial charge in [0.1, 0.15) is 23.6 Å². The van der Waals surface area contributed by atoms with Crippen molar-refractivity contribution in [3.8, 4) is 16.3 Å². The van der Waals surface area contributed by atoms with Gasteiger partial charge in [-0.25, -0.2) is 4.98 Å². The molecule has 0 N–H and O–H groups in total. The zero-order valence-electron chi connectivity index (χ0n) is 16.1. The van der Waals surface area contributed by atoms with Crippen LogP contribution in [0.2, 0.25) is 0 Å². The van der Waals surface area contributed by atoms with Crippen LogP contribution in [-0.4, -0.2) is 11.6 Å². The highest BCUT2D eigenvalue weighted by Gasteiger charge is 2.22. The van der Waals surface area contributed by atoms with E-state index >= 15 is 0 Å². The molecule has 1 aliphatic rings. The van der Waals surface area contributed by atoms with E-state index in [0.717, 1.165) is 33.3 Å². The average Bonchev–Trinajstić information content (AvgIpc) is 3.55. The summed E-state index contributed by atoms with van der Waals surface area (Å²) < 4.78 is 17.2. The number of thiophene rings is 1. The van der Waals surface area contributed by atoms with Crippen molar-refractivity contribution in [2.45, 2.75) is 12.7 Å². The van der Waals surface area contributed by atoms with Crippen molar-refractivity contribution >= 4 is 22.7 Å². The number of nitrogens with zero attached hydrogens (tertiary/aromatic N) is 1. The van der Waals surface area contributed by atoms with Gasteiger partial charge in [-0.05, 0) is 41.3 Å². The van der Waals surface area contributed by atoms with E-state index in [2.05, 4.69) is 29.6 Å². The lowest BCUT2D eigenvalue weighted by Crippen LogP contribution is -2.03. The van der Waals surface area contributed by atoms with Crippen LogP contribution in [0.5, 0.6) is 5.75 Å². The largest absolute Gasteiger partial charge is 0.486 e. The second-order valence-corrected chi connectivity index (χ2v) is 8.64. The Morgan fingerprint density at radius 3 is 2.60 bits per heavy atom. The minimum Gasteiger partial charge on any atom is -0.486 e. The lowest BCUT2D eigenvalue weighted by molar-refractivity contribution is -0.0356. The first-order chi connectivity index (χ1) is 14.8. The summed E-state index contributed by atoms with van der Waals surface area (Å²) in [5.74, 6) is 1.46. The lowest BCUT2D eigenvalue weighted by atomic mass is 10.1. The van der Waals surface area contributed by atoms with Crippen molar-refractivity contribution in [1.29, 1.82) is 0 Å². The average molecular weight is 434 g/mol. The van der Waals surface area contributed by atoms with E-state index in [-0.39, 0.29) is 6.29 Å². The molecule has 2 aromatic heterocycles. The van der Waals surface area contributed by atoms with Crippen LogP contribution in [0.1, 0.15) is 22.4 Å². The van der Waals surface area contributed by atoms with Crippen molar-refractivity contribution < 1.29 is 14.2 Å². The highest BCUT2D eigenvalue weighted by atomic mass is 32.1. The number of hydrogen-bond donors (Lipinski definition) is 0. The van der Waals surface area contributed by atoms with Crippen LogP contribution in [0.3, 0.4) is 0 Å². The van der Waals surface area contributed by atoms with Crippen molar-refractivity contribution in [3.63, 3.8) is 0 Å². The number of ether oxygens (including phenoxy) is 3. The summed E-state index contributed by atoms with van der Waals surface area (Å²) in [5, 5.41) is 5.15. The van der Waals surface area contributed by atoms with Crippen molar-refractivity contribution in [2.24, 2.45) is 0 Å². The molecular formula is C24H19NO3S2. The molecule has 0 saturated carbocycles. The van der Waals surface area contributed by atoms with Crippen molar-refractivity contribution in [2.75, 3.05) is 6.61 Å². The molecule has 1 unspecified atom stereocenters. The van der Waals surface area contributed by atoms with Crippen LogP contribution in [0, 0.1) is 0 Å². The van der Waals surface area contributed by atoms with Crippen molar-refractivity contribution in [1.82, 2.24) is 4.98 Å². The Morgan fingerprint density at radius 1 is 0.933 bits per heavy atom. The van der Waals surface area contributed by atoms with Gasteiger partial charge in [0.25, 0.3) is 6.29 Å². The standard InChI is InChI=1S/C24H19NO3S2/c1-2-5-17(6-3-1)13-19-16-30-23(25-19)18-8-10-20(11-9-18)26-14-21-15-27-24(28-21)22-7-4-12-29-22/h1-12,15-16,24H,13-14H2. The van der Waals surface area contributed by atoms with Crippen molar-refractivity contribution in [3.05, 3.63) is 106 Å². The zero-order valence-corrected chi connectivity index (χ0v) is 17.7. The first kappa shape index (κ1) is 18.9. The smallest absolute Gasteiger partial charge is 0.276 e. The molecule has 4 aromatic rings. The first-order valence-corrected chi connectivity index (χ1v) is 11.4. The minimum atomic E-state index is -0.360. The molecule has 0 spiro atoms. The second-order valence-electron chi connectivity index (χ2n) is 6.80. The summed E-state index contributed by atoms with van der Waals surface area (Å²) in [5.41, 5.74) is 3.45. The van der Waals surface area contributed by atoms with Gasteiger partial charge in [-0.15, -0.1) is 22.7 Å². The highest BCUT2D eigenvalue weighted by Crippen LogP contribution is 2.32. The molecule has 30 heavy (non-hydrogen) atoms. The molecule has 6 heteroatoms. The molecule has 2 aromatic carbocycles. The van der Waals surface area contributed by atoms with Crippen LogP contribution in [0.4, 0.5) is 0 Å². The van der Waals surface area contributed by atoms with Crippen LogP contribution in [0.25, 0.3) is 10.6 Å². The van der Waals surface area contributed by atoms with E-state index in [1.807, 2.05) is 47.8 Å². The molecule has 5 rings (SSSR count). The molecule has 150 valence electrons. The Labute approximate surface area is 183 Å². The molecule has 1 aliphatic heterocycles. The molecular weight excluding hydrogens is 414 g/mol. The minimum absolute atomic E-state index is 0.333. The fourth-order valence-electron chi connectivity index (χ4n) is 3.12. The molecule has 0 amide bonds. The Balaban J connectivity index is 1.16. The number of aromatic nitrogens is 1. The number of thiazole rings is 1. The molecule has 0 aliphatic carbocycles. The third-order valence-corrected chi connectivity index (χ3v) is 6.45. The molecule has 0 radical (unpaired) electrons. The Kier molecular flexibility index (Phi) is 5.50. The maximum absolute atomic E-state index is 5.84. The van der Waals surface area contributed by atoms with E-state index in [9.17, 15) is 0 Å². The van der Waals surface area contributed by atoms with E-state index < -0.39 is 0 Å². The Bertz CT molecular complexity index is 1120. The van der Waals surface area contributed by atoms with Gasteiger partial charge in [0.15, 0.2) is 5.76 Å². The van der Waals surface area contributed by atoms with Gasteiger partial charge in [-0.1, -0.05) is 36.4 Å². The number of hydrogen-bond acceptors (Lipinski definition) is 6. The highest BCUT2D eigenvalue weighted by molar-refractivity contribution is 7.13. The van der Waals surface area contributed by atoms with Gasteiger partial charge in [0, 0.05) is 17.4 Å². The SMILES string of the molecule is C1=C(COc2ccc(-c3nc(Cc4ccccc4)cs3)cc2)OC(c2cccs2)O1. The fraction of sp³-hybridized carbons (Fsp3) is 0.125. The van der Waals surface area contributed by atoms with E-state index in [0.29, 0.717) is 12.4 Å². The second kappa shape index (κ2) is 8.73. The lowest BCUT2D eigenvalue weighted by Gasteiger charge is -2.10. The Morgan fingerprint density at radius 2 is 1.80 bits per heavy atom. The topological polar surface area (TPSA) is 40.6 Å². The normalized spacial score (nSPS) is 15.3.